The van der Waals surface area contributed by atoms with Gasteiger partial charge in [0.15, 0.2) is 5.82 Å². The molecule has 0 radical (unpaired) electrons. The lowest BCUT2D eigenvalue weighted by Crippen LogP contribution is -2.06. The quantitative estimate of drug-likeness (QED) is 0.723. The van der Waals surface area contributed by atoms with Crippen molar-refractivity contribution < 1.29 is 0 Å². The minimum atomic E-state index is 0.528. The first kappa shape index (κ1) is 14.0. The Morgan fingerprint density at radius 1 is 1.19 bits per heavy atom. The molecular formula is C14H11BrClN5. The first-order valence-electron chi connectivity index (χ1n) is 6.20. The Hall–Kier alpha value is -1.92. The van der Waals surface area contributed by atoms with Gasteiger partial charge in [-0.2, -0.15) is 0 Å². The lowest BCUT2D eigenvalue weighted by Gasteiger charge is -2.09. The van der Waals surface area contributed by atoms with Gasteiger partial charge in [0.05, 0.1) is 17.1 Å². The third-order valence-electron chi connectivity index (χ3n) is 3.02. The van der Waals surface area contributed by atoms with Gasteiger partial charge in [0.1, 0.15) is 0 Å². The Labute approximate surface area is 134 Å². The van der Waals surface area contributed by atoms with Gasteiger partial charge in [-0.3, -0.25) is 0 Å². The number of hydrogen-bond donors (Lipinski definition) is 1. The van der Waals surface area contributed by atoms with Crippen LogP contribution in [0.4, 0.5) is 5.69 Å². The summed E-state index contributed by atoms with van der Waals surface area (Å²) in [6.45, 7) is 0.534. The maximum Gasteiger partial charge on any atom is 0.185 e. The molecule has 7 heteroatoms. The molecule has 0 saturated heterocycles. The molecule has 2 N–H and O–H groups in total. The number of benzene rings is 2. The highest BCUT2D eigenvalue weighted by molar-refractivity contribution is 9.10. The number of halogens is 2. The third kappa shape index (κ3) is 2.91. The Morgan fingerprint density at radius 3 is 2.76 bits per heavy atom. The van der Waals surface area contributed by atoms with Gasteiger partial charge in [0.2, 0.25) is 0 Å². The average Bonchev–Trinajstić information content (AvgIpc) is 2.87. The summed E-state index contributed by atoms with van der Waals surface area (Å²) in [5.41, 5.74) is 8.27. The largest absolute Gasteiger partial charge is 0.398 e. The van der Waals surface area contributed by atoms with Crippen molar-refractivity contribution in [2.75, 3.05) is 5.73 Å². The van der Waals surface area contributed by atoms with Gasteiger partial charge in [-0.05, 0) is 40.3 Å². The van der Waals surface area contributed by atoms with E-state index in [4.69, 9.17) is 17.3 Å². The number of hydrogen-bond acceptors (Lipinski definition) is 4. The molecule has 0 unspecified atom stereocenters. The molecule has 0 fully saturated rings. The van der Waals surface area contributed by atoms with Crippen LogP contribution in [-0.2, 0) is 6.54 Å². The summed E-state index contributed by atoms with van der Waals surface area (Å²) in [5, 5.41) is 12.3. The van der Waals surface area contributed by atoms with Gasteiger partial charge in [-0.25, -0.2) is 4.68 Å². The van der Waals surface area contributed by atoms with Crippen molar-refractivity contribution in [3.05, 3.63) is 57.5 Å². The summed E-state index contributed by atoms with van der Waals surface area (Å²) in [4.78, 5) is 0. The van der Waals surface area contributed by atoms with E-state index in [0.717, 1.165) is 10.0 Å². The molecule has 106 valence electrons. The van der Waals surface area contributed by atoms with Gasteiger partial charge in [0, 0.05) is 10.2 Å². The molecule has 0 saturated carbocycles. The number of rotatable bonds is 3. The van der Waals surface area contributed by atoms with Gasteiger partial charge >= 0.3 is 0 Å². The van der Waals surface area contributed by atoms with Crippen molar-refractivity contribution in [2.24, 2.45) is 0 Å². The molecule has 1 heterocycles. The normalized spacial score (nSPS) is 10.8. The second-order valence-electron chi connectivity index (χ2n) is 4.49. The van der Waals surface area contributed by atoms with Gasteiger partial charge < -0.3 is 5.73 Å². The van der Waals surface area contributed by atoms with Gasteiger partial charge in [0.25, 0.3) is 0 Å². The lowest BCUT2D eigenvalue weighted by molar-refractivity contribution is 0.653. The van der Waals surface area contributed by atoms with E-state index >= 15 is 0 Å². The summed E-state index contributed by atoms with van der Waals surface area (Å²) < 4.78 is 2.69. The number of tetrazole rings is 1. The van der Waals surface area contributed by atoms with Crippen LogP contribution in [-0.4, -0.2) is 20.2 Å². The molecule has 2 aromatic carbocycles. The number of nitrogens with zero attached hydrogens (tertiary/aromatic N) is 4. The summed E-state index contributed by atoms with van der Waals surface area (Å²) in [7, 11) is 0. The molecule has 0 aliphatic carbocycles. The monoisotopic (exact) mass is 363 g/mol. The highest BCUT2D eigenvalue weighted by Gasteiger charge is 2.15. The molecule has 0 bridgehead atoms. The molecule has 3 aromatic rings. The van der Waals surface area contributed by atoms with Crippen LogP contribution in [0.3, 0.4) is 0 Å². The topological polar surface area (TPSA) is 69.6 Å². The maximum atomic E-state index is 6.22. The van der Waals surface area contributed by atoms with Crippen LogP contribution >= 0.6 is 27.5 Å². The Morgan fingerprint density at radius 2 is 2.00 bits per heavy atom. The van der Waals surface area contributed by atoms with Crippen molar-refractivity contribution in [3.8, 4) is 11.4 Å². The average molecular weight is 365 g/mol. The van der Waals surface area contributed by atoms with E-state index in [2.05, 4.69) is 31.5 Å². The van der Waals surface area contributed by atoms with E-state index in [0.29, 0.717) is 28.6 Å². The third-order valence-corrected chi connectivity index (χ3v) is 3.83. The first-order chi connectivity index (χ1) is 10.1. The van der Waals surface area contributed by atoms with E-state index in [-0.39, 0.29) is 0 Å². The van der Waals surface area contributed by atoms with E-state index < -0.39 is 0 Å². The fraction of sp³-hybridized carbons (Fsp3) is 0.0714. The van der Waals surface area contributed by atoms with Crippen molar-refractivity contribution in [1.82, 2.24) is 20.2 Å². The molecule has 1 aromatic heterocycles. The summed E-state index contributed by atoms with van der Waals surface area (Å²) in [5.74, 6) is 0.554. The van der Waals surface area contributed by atoms with E-state index in [9.17, 15) is 0 Å². The SMILES string of the molecule is Nc1cccc(Cl)c1-c1nnnn1Cc1cccc(Br)c1. The number of anilines is 1. The van der Waals surface area contributed by atoms with E-state index in [1.165, 1.54) is 0 Å². The van der Waals surface area contributed by atoms with Crippen LogP contribution in [0.1, 0.15) is 5.56 Å². The Bertz CT molecular complexity index is 766. The van der Waals surface area contributed by atoms with Crippen molar-refractivity contribution in [2.45, 2.75) is 6.54 Å². The van der Waals surface area contributed by atoms with Crippen LogP contribution in [0, 0.1) is 0 Å². The van der Waals surface area contributed by atoms with Crippen molar-refractivity contribution in [1.29, 1.82) is 0 Å². The van der Waals surface area contributed by atoms with Crippen molar-refractivity contribution in [3.63, 3.8) is 0 Å². The van der Waals surface area contributed by atoms with Crippen molar-refractivity contribution >= 4 is 33.2 Å². The number of nitrogens with two attached hydrogens (primary N) is 1. The second-order valence-corrected chi connectivity index (χ2v) is 5.82. The minimum absolute atomic E-state index is 0.528. The van der Waals surface area contributed by atoms with Crippen LogP contribution in [0.15, 0.2) is 46.9 Å². The van der Waals surface area contributed by atoms with Crippen LogP contribution in [0.2, 0.25) is 5.02 Å². The fourth-order valence-corrected chi connectivity index (χ4v) is 2.79. The molecule has 21 heavy (non-hydrogen) atoms. The molecule has 0 atom stereocenters. The fourth-order valence-electron chi connectivity index (χ4n) is 2.08. The number of aromatic nitrogens is 4. The van der Waals surface area contributed by atoms with E-state index in [1.54, 1.807) is 22.9 Å². The zero-order valence-electron chi connectivity index (χ0n) is 10.9. The van der Waals surface area contributed by atoms with Crippen LogP contribution in [0.25, 0.3) is 11.4 Å². The molecule has 0 aliphatic rings. The standard InChI is InChI=1S/C14H11BrClN5/c15-10-4-1-3-9(7-10)8-21-14(18-19-20-21)13-11(16)5-2-6-12(13)17/h1-7H,8,17H2. The summed E-state index contributed by atoms with van der Waals surface area (Å²) in [6, 6.07) is 13.3. The zero-order valence-corrected chi connectivity index (χ0v) is 13.2. The first-order valence-corrected chi connectivity index (χ1v) is 7.37. The zero-order chi connectivity index (χ0) is 14.8. The molecule has 5 nitrogen and oxygen atoms in total. The predicted octanol–water partition coefficient (Wildman–Crippen LogP) is 3.39. The van der Waals surface area contributed by atoms with Gasteiger partial charge in [-0.1, -0.05) is 45.7 Å². The molecule has 0 aliphatic heterocycles. The van der Waals surface area contributed by atoms with E-state index in [1.807, 2.05) is 24.3 Å². The maximum absolute atomic E-state index is 6.22. The van der Waals surface area contributed by atoms with Crippen LogP contribution < -0.4 is 5.73 Å². The lowest BCUT2D eigenvalue weighted by atomic mass is 10.1. The highest BCUT2D eigenvalue weighted by atomic mass is 79.9. The number of nitrogen functional groups attached to an aromatic ring is 1. The molecule has 0 spiro atoms. The summed E-state index contributed by atoms with van der Waals surface area (Å²) in [6.07, 6.45) is 0. The molecular weight excluding hydrogens is 354 g/mol. The minimum Gasteiger partial charge on any atom is -0.398 e. The molecule has 0 amide bonds. The molecule has 3 rings (SSSR count). The Balaban J connectivity index is 2.02. The van der Waals surface area contributed by atoms with Crippen LogP contribution in [0.5, 0.6) is 0 Å². The predicted molar refractivity (Wildman–Crippen MR) is 85.9 cm³/mol. The Kier molecular flexibility index (Phi) is 3.90. The summed E-state index contributed by atoms with van der Waals surface area (Å²) >= 11 is 9.68. The smallest absolute Gasteiger partial charge is 0.185 e. The van der Waals surface area contributed by atoms with Gasteiger partial charge in [-0.15, -0.1) is 5.10 Å². The second kappa shape index (κ2) is 5.83. The highest BCUT2D eigenvalue weighted by Crippen LogP contribution is 2.31.